The van der Waals surface area contributed by atoms with Gasteiger partial charge in [-0.15, -0.1) is 10.2 Å². The molecule has 3 aromatic heterocycles. The highest BCUT2D eigenvalue weighted by molar-refractivity contribution is 7.99. The Labute approximate surface area is 165 Å². The summed E-state index contributed by atoms with van der Waals surface area (Å²) in [6.45, 7) is 2.02. The molecule has 1 aliphatic carbocycles. The molecule has 1 unspecified atom stereocenters. The Kier molecular flexibility index (Phi) is 4.20. The number of aromatic nitrogens is 6. The van der Waals surface area contributed by atoms with Gasteiger partial charge in [0, 0.05) is 24.0 Å². The van der Waals surface area contributed by atoms with Crippen LogP contribution in [0.4, 0.5) is 0 Å². The van der Waals surface area contributed by atoms with Crippen LogP contribution in [-0.2, 0) is 0 Å². The van der Waals surface area contributed by atoms with Gasteiger partial charge in [-0.3, -0.25) is 14.3 Å². The van der Waals surface area contributed by atoms with Crippen molar-refractivity contribution in [2.24, 2.45) is 0 Å². The average Bonchev–Trinajstić information content (AvgIpc) is 3.48. The summed E-state index contributed by atoms with van der Waals surface area (Å²) in [5.41, 5.74) is 1.59. The molecule has 0 bridgehead atoms. The van der Waals surface area contributed by atoms with E-state index >= 15 is 0 Å². The summed E-state index contributed by atoms with van der Waals surface area (Å²) < 4.78 is 2.20. The zero-order valence-electron chi connectivity index (χ0n) is 15.2. The second-order valence-electron chi connectivity index (χ2n) is 6.87. The highest BCUT2D eigenvalue weighted by atomic mass is 32.2. The normalized spacial score (nSPS) is 15.0. The maximum Gasteiger partial charge on any atom is 0.258 e. The Bertz CT molecular complexity index is 1200. The number of hydrogen-bond acceptors (Lipinski definition) is 6. The topological polar surface area (TPSA) is 89.3 Å². The zero-order chi connectivity index (χ0) is 19.1. The molecule has 1 fully saturated rings. The van der Waals surface area contributed by atoms with Crippen LogP contribution < -0.4 is 5.56 Å². The third-order valence-corrected chi connectivity index (χ3v) is 5.88. The number of rotatable bonds is 5. The van der Waals surface area contributed by atoms with Crippen LogP contribution in [0.25, 0.3) is 22.3 Å². The standard InChI is InChI=1S/C20H18N6OS/c1-12(17-22-16-5-3-2-4-15(16)19(27)23-17)28-20-25-24-18(26(20)14-6-7-14)13-8-10-21-11-9-13/h2-5,8-12,14H,6-7H2,1H3,(H,22,23,27). The van der Waals surface area contributed by atoms with Crippen molar-refractivity contribution >= 4 is 22.7 Å². The maximum absolute atomic E-state index is 12.4. The number of para-hydroxylation sites is 1. The Balaban J connectivity index is 1.50. The molecule has 7 nitrogen and oxygen atoms in total. The third-order valence-electron chi connectivity index (χ3n) is 4.81. The molecule has 1 saturated carbocycles. The van der Waals surface area contributed by atoms with Gasteiger partial charge in [-0.25, -0.2) is 4.98 Å². The van der Waals surface area contributed by atoms with Crippen LogP contribution in [0.15, 0.2) is 58.7 Å². The molecule has 28 heavy (non-hydrogen) atoms. The van der Waals surface area contributed by atoms with Crippen LogP contribution in [0.2, 0.25) is 0 Å². The summed E-state index contributed by atoms with van der Waals surface area (Å²) in [6.07, 6.45) is 5.78. The molecule has 0 spiro atoms. The van der Waals surface area contributed by atoms with E-state index < -0.39 is 0 Å². The molecule has 1 N–H and O–H groups in total. The first-order valence-corrected chi connectivity index (χ1v) is 10.1. The van der Waals surface area contributed by atoms with E-state index in [2.05, 4.69) is 29.7 Å². The lowest BCUT2D eigenvalue weighted by Gasteiger charge is -2.13. The molecule has 8 heteroatoms. The Hall–Kier alpha value is -3.00. The van der Waals surface area contributed by atoms with Crippen LogP contribution in [0, 0.1) is 0 Å². The molecule has 0 amide bonds. The second-order valence-corrected chi connectivity index (χ2v) is 8.18. The number of fused-ring (bicyclic) bond motifs is 1. The molecule has 1 atom stereocenters. The van der Waals surface area contributed by atoms with E-state index in [0.717, 1.165) is 29.4 Å². The van der Waals surface area contributed by atoms with Crippen LogP contribution in [0.3, 0.4) is 0 Å². The molecule has 0 radical (unpaired) electrons. The van der Waals surface area contributed by atoms with Crippen molar-refractivity contribution in [3.63, 3.8) is 0 Å². The van der Waals surface area contributed by atoms with Crippen molar-refractivity contribution in [1.29, 1.82) is 0 Å². The Morgan fingerprint density at radius 2 is 1.93 bits per heavy atom. The Morgan fingerprint density at radius 3 is 2.71 bits per heavy atom. The number of nitrogens with one attached hydrogen (secondary N) is 1. The minimum absolute atomic E-state index is 0.0655. The van der Waals surface area contributed by atoms with E-state index in [1.807, 2.05) is 37.3 Å². The quantitative estimate of drug-likeness (QED) is 0.522. The van der Waals surface area contributed by atoms with Crippen LogP contribution in [0.5, 0.6) is 0 Å². The lowest BCUT2D eigenvalue weighted by molar-refractivity contribution is 0.667. The van der Waals surface area contributed by atoms with Gasteiger partial charge in [0.1, 0.15) is 5.82 Å². The van der Waals surface area contributed by atoms with E-state index in [1.165, 1.54) is 0 Å². The number of H-pyrrole nitrogens is 1. The predicted molar refractivity (Wildman–Crippen MR) is 108 cm³/mol. The van der Waals surface area contributed by atoms with Gasteiger partial charge in [0.05, 0.1) is 16.2 Å². The van der Waals surface area contributed by atoms with Crippen molar-refractivity contribution in [2.45, 2.75) is 36.2 Å². The summed E-state index contributed by atoms with van der Waals surface area (Å²) in [5.74, 6) is 1.50. The first-order chi connectivity index (χ1) is 13.7. The SMILES string of the molecule is CC(Sc1nnc(-c2ccncc2)n1C1CC1)c1nc2ccccc2c(=O)[nH]1. The highest BCUT2D eigenvalue weighted by Gasteiger charge is 2.31. The zero-order valence-corrected chi connectivity index (χ0v) is 16.1. The van der Waals surface area contributed by atoms with Crippen molar-refractivity contribution in [3.8, 4) is 11.4 Å². The smallest absolute Gasteiger partial charge is 0.258 e. The first-order valence-electron chi connectivity index (χ1n) is 9.21. The van der Waals surface area contributed by atoms with E-state index in [9.17, 15) is 4.79 Å². The number of pyridine rings is 1. The molecule has 3 heterocycles. The number of aromatic amines is 1. The molecule has 0 aliphatic heterocycles. The first kappa shape index (κ1) is 17.1. The summed E-state index contributed by atoms with van der Waals surface area (Å²) in [7, 11) is 0. The van der Waals surface area contributed by atoms with Gasteiger partial charge in [0.25, 0.3) is 5.56 Å². The fourth-order valence-corrected chi connectivity index (χ4v) is 4.20. The second kappa shape index (κ2) is 6.87. The van der Waals surface area contributed by atoms with E-state index in [4.69, 9.17) is 0 Å². The van der Waals surface area contributed by atoms with Gasteiger partial charge in [0.2, 0.25) is 0 Å². The van der Waals surface area contributed by atoms with Crippen molar-refractivity contribution in [2.75, 3.05) is 0 Å². The third kappa shape index (κ3) is 3.09. The van der Waals surface area contributed by atoms with Gasteiger partial charge in [0.15, 0.2) is 11.0 Å². The van der Waals surface area contributed by atoms with Crippen LogP contribution in [-0.4, -0.2) is 29.7 Å². The van der Waals surface area contributed by atoms with Gasteiger partial charge in [-0.2, -0.15) is 0 Å². The van der Waals surface area contributed by atoms with E-state index in [-0.39, 0.29) is 10.8 Å². The summed E-state index contributed by atoms with van der Waals surface area (Å²) in [5, 5.41) is 10.3. The van der Waals surface area contributed by atoms with E-state index in [0.29, 0.717) is 22.8 Å². The molecule has 1 aliphatic rings. The number of hydrogen-bond donors (Lipinski definition) is 1. The molecular formula is C20H18N6OS. The van der Waals surface area contributed by atoms with Crippen LogP contribution in [0.1, 0.15) is 36.9 Å². The maximum atomic E-state index is 12.4. The molecule has 1 aromatic carbocycles. The van der Waals surface area contributed by atoms with Crippen molar-refractivity contribution in [3.05, 3.63) is 65.0 Å². The number of thioether (sulfide) groups is 1. The monoisotopic (exact) mass is 390 g/mol. The van der Waals surface area contributed by atoms with Crippen molar-refractivity contribution < 1.29 is 0 Å². The van der Waals surface area contributed by atoms with Gasteiger partial charge in [-0.05, 0) is 44.0 Å². The summed E-state index contributed by atoms with van der Waals surface area (Å²) in [4.78, 5) is 24.0. The Morgan fingerprint density at radius 1 is 1.14 bits per heavy atom. The average molecular weight is 390 g/mol. The predicted octanol–water partition coefficient (Wildman–Crippen LogP) is 3.76. The largest absolute Gasteiger partial charge is 0.309 e. The molecule has 4 aromatic rings. The fourth-order valence-electron chi connectivity index (χ4n) is 3.23. The lowest BCUT2D eigenvalue weighted by atomic mass is 10.2. The van der Waals surface area contributed by atoms with Gasteiger partial charge >= 0.3 is 0 Å². The molecule has 5 rings (SSSR count). The number of nitrogens with zero attached hydrogens (tertiary/aromatic N) is 5. The molecule has 140 valence electrons. The van der Waals surface area contributed by atoms with Crippen LogP contribution >= 0.6 is 11.8 Å². The molecule has 0 saturated heterocycles. The van der Waals surface area contributed by atoms with Crippen molar-refractivity contribution in [1.82, 2.24) is 29.7 Å². The lowest BCUT2D eigenvalue weighted by Crippen LogP contribution is -2.13. The minimum atomic E-state index is -0.116. The highest BCUT2D eigenvalue weighted by Crippen LogP contribution is 2.43. The van der Waals surface area contributed by atoms with Gasteiger partial charge < -0.3 is 4.98 Å². The fraction of sp³-hybridized carbons (Fsp3) is 0.250. The number of benzene rings is 1. The summed E-state index contributed by atoms with van der Waals surface area (Å²) in [6, 6.07) is 11.7. The molecular weight excluding hydrogens is 372 g/mol. The van der Waals surface area contributed by atoms with Gasteiger partial charge in [-0.1, -0.05) is 23.9 Å². The summed E-state index contributed by atoms with van der Waals surface area (Å²) >= 11 is 1.57. The minimum Gasteiger partial charge on any atom is -0.309 e. The van der Waals surface area contributed by atoms with E-state index in [1.54, 1.807) is 30.2 Å².